The van der Waals surface area contributed by atoms with Gasteiger partial charge in [0.15, 0.2) is 5.82 Å². The molecule has 0 saturated carbocycles. The van der Waals surface area contributed by atoms with Crippen molar-refractivity contribution in [2.75, 3.05) is 19.6 Å². The highest BCUT2D eigenvalue weighted by Gasteiger charge is 2.25. The number of carbonyl (C=O) groups is 1. The topological polar surface area (TPSA) is 75.1 Å². The molecule has 0 radical (unpaired) electrons. The molecule has 24 heavy (non-hydrogen) atoms. The van der Waals surface area contributed by atoms with E-state index >= 15 is 0 Å². The highest BCUT2D eigenvalue weighted by atomic mass is 32.1. The Hall–Kier alpha value is -1.93. The number of nitrogens with one attached hydrogen (secondary N) is 2. The van der Waals surface area contributed by atoms with Crippen molar-refractivity contribution in [3.63, 3.8) is 0 Å². The highest BCUT2D eigenvalue weighted by Crippen LogP contribution is 2.27. The second kappa shape index (κ2) is 7.76. The van der Waals surface area contributed by atoms with Gasteiger partial charge in [-0.2, -0.15) is 0 Å². The lowest BCUT2D eigenvalue weighted by atomic mass is 10.2. The number of nitrogens with zero attached hydrogens (tertiary/aromatic N) is 4. The third-order valence-corrected chi connectivity index (χ3v) is 5.36. The first kappa shape index (κ1) is 16.9. The molecule has 0 aromatic carbocycles. The summed E-state index contributed by atoms with van der Waals surface area (Å²) >= 11 is 1.75. The second-order valence-electron chi connectivity index (χ2n) is 6.15. The summed E-state index contributed by atoms with van der Waals surface area (Å²) in [5.74, 6) is 0.736. The maximum atomic E-state index is 12.3. The number of carbonyl (C=O) groups excluding carboxylic acids is 1. The standard InChI is InChI=1S/C16H24N6OS/c1-12(15-20-18-11-21(15)2)19-16(23)17-10-13(14-6-5-9-24-14)22-7-3-4-8-22/h5-6,9,11-13H,3-4,7-8,10H2,1-2H3,(H2,17,19,23)/t12-,13+/m1/s1. The predicted octanol–water partition coefficient (Wildman–Crippen LogP) is 2.07. The molecule has 0 spiro atoms. The van der Waals surface area contributed by atoms with Gasteiger partial charge < -0.3 is 15.2 Å². The fourth-order valence-corrected chi connectivity index (χ4v) is 3.99. The predicted molar refractivity (Wildman–Crippen MR) is 93.8 cm³/mol. The summed E-state index contributed by atoms with van der Waals surface area (Å²) in [6, 6.07) is 4.11. The Morgan fingerprint density at radius 1 is 1.42 bits per heavy atom. The Bertz CT molecular complexity index is 649. The Labute approximate surface area is 146 Å². The van der Waals surface area contributed by atoms with Crippen LogP contribution in [0, 0.1) is 0 Å². The Kier molecular flexibility index (Phi) is 5.47. The molecule has 0 bridgehead atoms. The van der Waals surface area contributed by atoms with E-state index in [4.69, 9.17) is 0 Å². The number of aryl methyl sites for hydroxylation is 1. The van der Waals surface area contributed by atoms with E-state index in [1.165, 1.54) is 17.7 Å². The Morgan fingerprint density at radius 2 is 2.21 bits per heavy atom. The summed E-state index contributed by atoms with van der Waals surface area (Å²) in [6.45, 7) is 4.71. The number of likely N-dealkylation sites (tertiary alicyclic amines) is 1. The first-order chi connectivity index (χ1) is 11.6. The number of urea groups is 1. The Balaban J connectivity index is 1.56. The maximum absolute atomic E-state index is 12.3. The SMILES string of the molecule is C[C@@H](NC(=O)NC[C@@H](c1cccs1)N1CCCC1)c1nncn1C. The number of thiophene rings is 1. The van der Waals surface area contributed by atoms with Crippen molar-refractivity contribution >= 4 is 17.4 Å². The van der Waals surface area contributed by atoms with Crippen LogP contribution >= 0.6 is 11.3 Å². The van der Waals surface area contributed by atoms with E-state index in [0.29, 0.717) is 6.54 Å². The van der Waals surface area contributed by atoms with Crippen LogP contribution in [0.15, 0.2) is 23.8 Å². The summed E-state index contributed by atoms with van der Waals surface area (Å²) in [7, 11) is 1.87. The summed E-state index contributed by atoms with van der Waals surface area (Å²) in [5, 5.41) is 15.9. The van der Waals surface area contributed by atoms with Gasteiger partial charge in [0.25, 0.3) is 0 Å². The lowest BCUT2D eigenvalue weighted by Crippen LogP contribution is -2.42. The number of hydrogen-bond donors (Lipinski definition) is 2. The average molecular weight is 348 g/mol. The van der Waals surface area contributed by atoms with Gasteiger partial charge in [0.05, 0.1) is 12.1 Å². The van der Waals surface area contributed by atoms with Gasteiger partial charge in [-0.3, -0.25) is 4.90 Å². The van der Waals surface area contributed by atoms with Gasteiger partial charge in [-0.1, -0.05) is 6.07 Å². The first-order valence-electron chi connectivity index (χ1n) is 8.31. The van der Waals surface area contributed by atoms with Gasteiger partial charge in [-0.15, -0.1) is 21.5 Å². The zero-order valence-corrected chi connectivity index (χ0v) is 14.9. The molecule has 3 rings (SSSR count). The number of rotatable bonds is 6. The van der Waals surface area contributed by atoms with E-state index in [-0.39, 0.29) is 18.1 Å². The molecule has 7 nitrogen and oxygen atoms in total. The van der Waals surface area contributed by atoms with E-state index in [9.17, 15) is 4.79 Å². The fraction of sp³-hybridized carbons (Fsp3) is 0.562. The van der Waals surface area contributed by atoms with E-state index in [1.807, 2.05) is 18.5 Å². The van der Waals surface area contributed by atoms with Crippen LogP contribution in [0.1, 0.15) is 42.6 Å². The smallest absolute Gasteiger partial charge is 0.315 e. The van der Waals surface area contributed by atoms with Crippen LogP contribution in [0.3, 0.4) is 0 Å². The van der Waals surface area contributed by atoms with E-state index < -0.39 is 0 Å². The molecule has 1 saturated heterocycles. The molecule has 2 aromatic rings. The van der Waals surface area contributed by atoms with Gasteiger partial charge >= 0.3 is 6.03 Å². The van der Waals surface area contributed by atoms with Crippen LogP contribution in [0.25, 0.3) is 0 Å². The van der Waals surface area contributed by atoms with Gasteiger partial charge in [0.1, 0.15) is 6.33 Å². The molecule has 2 amide bonds. The molecule has 2 N–H and O–H groups in total. The summed E-state index contributed by atoms with van der Waals surface area (Å²) in [6.07, 6.45) is 4.10. The first-order valence-corrected chi connectivity index (χ1v) is 9.19. The molecule has 0 aliphatic carbocycles. The minimum atomic E-state index is -0.190. The van der Waals surface area contributed by atoms with Crippen molar-refractivity contribution in [1.29, 1.82) is 0 Å². The minimum absolute atomic E-state index is 0.175. The molecule has 3 heterocycles. The van der Waals surface area contributed by atoms with Crippen molar-refractivity contribution in [2.45, 2.75) is 31.8 Å². The largest absolute Gasteiger partial charge is 0.336 e. The van der Waals surface area contributed by atoms with Crippen LogP contribution in [-0.4, -0.2) is 45.3 Å². The molecule has 2 atom stereocenters. The molecule has 1 aliphatic rings. The zero-order valence-electron chi connectivity index (χ0n) is 14.1. The van der Waals surface area contributed by atoms with Gasteiger partial charge in [0.2, 0.25) is 0 Å². The lowest BCUT2D eigenvalue weighted by molar-refractivity contribution is 0.220. The number of aromatic nitrogens is 3. The monoisotopic (exact) mass is 348 g/mol. The highest BCUT2D eigenvalue weighted by molar-refractivity contribution is 7.10. The van der Waals surface area contributed by atoms with Crippen molar-refractivity contribution in [2.24, 2.45) is 7.05 Å². The maximum Gasteiger partial charge on any atom is 0.315 e. The summed E-state index contributed by atoms with van der Waals surface area (Å²) in [4.78, 5) is 16.0. The van der Waals surface area contributed by atoms with Crippen molar-refractivity contribution in [3.05, 3.63) is 34.5 Å². The number of hydrogen-bond acceptors (Lipinski definition) is 5. The van der Waals surface area contributed by atoms with Crippen LogP contribution in [0.4, 0.5) is 4.79 Å². The second-order valence-corrected chi connectivity index (χ2v) is 7.13. The average Bonchev–Trinajstić information content (AvgIpc) is 3.29. The molecule has 0 unspecified atom stereocenters. The third kappa shape index (κ3) is 3.93. The molecule has 8 heteroatoms. The molecule has 130 valence electrons. The van der Waals surface area contributed by atoms with Gasteiger partial charge in [0, 0.05) is 18.5 Å². The number of amides is 2. The normalized spacial score (nSPS) is 17.6. The van der Waals surface area contributed by atoms with E-state index in [0.717, 1.165) is 18.9 Å². The fourth-order valence-electron chi connectivity index (χ4n) is 3.13. The van der Waals surface area contributed by atoms with Gasteiger partial charge in [-0.25, -0.2) is 4.79 Å². The van der Waals surface area contributed by atoms with E-state index in [2.05, 4.69) is 43.2 Å². The zero-order chi connectivity index (χ0) is 16.9. The molecular formula is C16H24N6OS. The Morgan fingerprint density at radius 3 is 2.83 bits per heavy atom. The van der Waals surface area contributed by atoms with Crippen LogP contribution in [0.2, 0.25) is 0 Å². The minimum Gasteiger partial charge on any atom is -0.336 e. The molecule has 1 aliphatic heterocycles. The van der Waals surface area contributed by atoms with E-state index in [1.54, 1.807) is 17.7 Å². The third-order valence-electron chi connectivity index (χ3n) is 4.39. The molecule has 2 aromatic heterocycles. The van der Waals surface area contributed by atoms with Crippen LogP contribution in [-0.2, 0) is 7.05 Å². The van der Waals surface area contributed by atoms with Gasteiger partial charge in [-0.05, 0) is 44.3 Å². The van der Waals surface area contributed by atoms with Crippen molar-refractivity contribution < 1.29 is 4.79 Å². The molecule has 1 fully saturated rings. The van der Waals surface area contributed by atoms with Crippen LogP contribution < -0.4 is 10.6 Å². The summed E-state index contributed by atoms with van der Waals surface area (Å²) in [5.41, 5.74) is 0. The van der Waals surface area contributed by atoms with Crippen molar-refractivity contribution in [1.82, 2.24) is 30.3 Å². The lowest BCUT2D eigenvalue weighted by Gasteiger charge is -2.27. The summed E-state index contributed by atoms with van der Waals surface area (Å²) < 4.78 is 1.81. The molecular weight excluding hydrogens is 324 g/mol. The quantitative estimate of drug-likeness (QED) is 0.838. The van der Waals surface area contributed by atoms with Crippen LogP contribution in [0.5, 0.6) is 0 Å². The van der Waals surface area contributed by atoms with Crippen molar-refractivity contribution in [3.8, 4) is 0 Å².